The van der Waals surface area contributed by atoms with E-state index in [1.807, 2.05) is 0 Å². The number of aliphatic hydroxyl groups excluding tert-OH is 2. The van der Waals surface area contributed by atoms with E-state index < -0.39 is 6.17 Å². The largest absolute Gasteiger partial charge is 0.393 e. The van der Waals surface area contributed by atoms with E-state index in [-0.39, 0.29) is 18.1 Å². The third kappa shape index (κ3) is 2.95. The predicted molar refractivity (Wildman–Crippen MR) is 60.8 cm³/mol. The van der Waals surface area contributed by atoms with Crippen LogP contribution in [0.25, 0.3) is 0 Å². The van der Waals surface area contributed by atoms with E-state index >= 15 is 0 Å². The minimum atomic E-state index is -0.742. The summed E-state index contributed by atoms with van der Waals surface area (Å²) in [5.74, 6) is 0.361. The van der Waals surface area contributed by atoms with E-state index in [9.17, 15) is 14.6 Å². The Morgan fingerprint density at radius 3 is 2.31 bits per heavy atom. The summed E-state index contributed by atoms with van der Waals surface area (Å²) in [7, 11) is 0. The summed E-state index contributed by atoms with van der Waals surface area (Å²) in [6.07, 6.45) is 5.29. The molecule has 5 atom stereocenters. The summed E-state index contributed by atoms with van der Waals surface area (Å²) in [6, 6.07) is 0. The van der Waals surface area contributed by atoms with Gasteiger partial charge in [0.15, 0.2) is 0 Å². The van der Waals surface area contributed by atoms with Gasteiger partial charge in [0, 0.05) is 0 Å². The molecule has 16 heavy (non-hydrogen) atoms. The van der Waals surface area contributed by atoms with Gasteiger partial charge in [-0.25, -0.2) is 4.39 Å². The van der Waals surface area contributed by atoms with Crippen LogP contribution in [-0.4, -0.2) is 28.6 Å². The Morgan fingerprint density at radius 2 is 1.56 bits per heavy atom. The Bertz CT molecular complexity index is 222. The topological polar surface area (TPSA) is 40.5 Å². The van der Waals surface area contributed by atoms with E-state index in [2.05, 4.69) is 0 Å². The van der Waals surface area contributed by atoms with Gasteiger partial charge in [-0.3, -0.25) is 0 Å². The van der Waals surface area contributed by atoms with Crippen LogP contribution >= 0.6 is 0 Å². The molecule has 2 aliphatic rings. The number of alkyl halides is 1. The van der Waals surface area contributed by atoms with Crippen LogP contribution in [0.4, 0.5) is 4.39 Å². The molecule has 2 saturated carbocycles. The molecule has 5 unspecified atom stereocenters. The summed E-state index contributed by atoms with van der Waals surface area (Å²) in [6.45, 7) is 0. The predicted octanol–water partition coefficient (Wildman–Crippen LogP) is 2.43. The van der Waals surface area contributed by atoms with Crippen molar-refractivity contribution in [3.63, 3.8) is 0 Å². The van der Waals surface area contributed by atoms with Gasteiger partial charge in [0.1, 0.15) is 6.17 Å². The molecule has 2 N–H and O–H groups in total. The fourth-order valence-corrected chi connectivity index (χ4v) is 3.30. The Balaban J connectivity index is 1.86. The molecule has 0 amide bonds. The highest BCUT2D eigenvalue weighted by atomic mass is 19.1. The second kappa shape index (κ2) is 5.46. The van der Waals surface area contributed by atoms with Crippen molar-refractivity contribution in [1.29, 1.82) is 0 Å². The summed E-state index contributed by atoms with van der Waals surface area (Å²) >= 11 is 0. The third-order valence-electron chi connectivity index (χ3n) is 4.35. The maximum absolute atomic E-state index is 13.3. The third-order valence-corrected chi connectivity index (χ3v) is 4.35. The maximum Gasteiger partial charge on any atom is 0.101 e. The van der Waals surface area contributed by atoms with E-state index in [0.29, 0.717) is 25.2 Å². The molecule has 3 heteroatoms. The van der Waals surface area contributed by atoms with E-state index in [0.717, 1.165) is 25.7 Å². The fourth-order valence-electron chi connectivity index (χ4n) is 3.30. The molecule has 0 bridgehead atoms. The van der Waals surface area contributed by atoms with Crippen LogP contribution in [0.2, 0.25) is 0 Å². The smallest absolute Gasteiger partial charge is 0.101 e. The second-order valence-electron chi connectivity index (χ2n) is 5.59. The molecule has 2 nitrogen and oxygen atoms in total. The average Bonchev–Trinajstić information content (AvgIpc) is 2.27. The van der Waals surface area contributed by atoms with Crippen LogP contribution in [0.5, 0.6) is 0 Å². The van der Waals surface area contributed by atoms with Crippen molar-refractivity contribution in [3.8, 4) is 0 Å². The number of hydrogen-bond donors (Lipinski definition) is 2. The Labute approximate surface area is 96.9 Å². The van der Waals surface area contributed by atoms with Gasteiger partial charge in [0.25, 0.3) is 0 Å². The minimum Gasteiger partial charge on any atom is -0.393 e. The lowest BCUT2D eigenvalue weighted by Gasteiger charge is -2.35. The first-order valence-electron chi connectivity index (χ1n) is 6.67. The van der Waals surface area contributed by atoms with Crippen LogP contribution in [0.1, 0.15) is 51.4 Å². The van der Waals surface area contributed by atoms with Crippen LogP contribution in [-0.2, 0) is 0 Å². The van der Waals surface area contributed by atoms with Crippen molar-refractivity contribution in [1.82, 2.24) is 0 Å². The highest BCUT2D eigenvalue weighted by molar-refractivity contribution is 4.84. The Kier molecular flexibility index (Phi) is 4.20. The van der Waals surface area contributed by atoms with Gasteiger partial charge in [0.05, 0.1) is 12.2 Å². The number of halogens is 1. The number of rotatable bonds is 2. The summed E-state index contributed by atoms with van der Waals surface area (Å²) in [5, 5.41) is 19.7. The van der Waals surface area contributed by atoms with Crippen LogP contribution in [0.3, 0.4) is 0 Å². The molecular formula is C13H23FO2. The molecule has 2 fully saturated rings. The van der Waals surface area contributed by atoms with Gasteiger partial charge in [-0.05, 0) is 50.4 Å². The van der Waals surface area contributed by atoms with Crippen molar-refractivity contribution in [2.24, 2.45) is 11.8 Å². The lowest BCUT2D eigenvalue weighted by Crippen LogP contribution is -2.35. The van der Waals surface area contributed by atoms with E-state index in [1.54, 1.807) is 0 Å². The molecule has 0 spiro atoms. The molecule has 0 aromatic rings. The van der Waals surface area contributed by atoms with Gasteiger partial charge in [-0.15, -0.1) is 0 Å². The normalized spacial score (nSPS) is 45.6. The first-order chi connectivity index (χ1) is 7.66. The molecule has 0 radical (unpaired) electrons. The van der Waals surface area contributed by atoms with Gasteiger partial charge in [0.2, 0.25) is 0 Å². The van der Waals surface area contributed by atoms with Gasteiger partial charge in [-0.1, -0.05) is 12.8 Å². The minimum absolute atomic E-state index is 0.0708. The van der Waals surface area contributed by atoms with Crippen LogP contribution < -0.4 is 0 Å². The monoisotopic (exact) mass is 230 g/mol. The molecule has 0 aromatic carbocycles. The van der Waals surface area contributed by atoms with Crippen molar-refractivity contribution >= 4 is 0 Å². The van der Waals surface area contributed by atoms with Crippen molar-refractivity contribution in [3.05, 3.63) is 0 Å². The first kappa shape index (κ1) is 12.3. The Hall–Kier alpha value is -0.150. The zero-order valence-electron chi connectivity index (χ0n) is 9.82. The van der Waals surface area contributed by atoms with Gasteiger partial charge in [-0.2, -0.15) is 0 Å². The molecule has 0 aromatic heterocycles. The summed E-state index contributed by atoms with van der Waals surface area (Å²) in [4.78, 5) is 0. The highest BCUT2D eigenvalue weighted by Gasteiger charge is 2.33. The molecule has 2 aliphatic carbocycles. The average molecular weight is 230 g/mol. The maximum atomic E-state index is 13.3. The highest BCUT2D eigenvalue weighted by Crippen LogP contribution is 2.36. The first-order valence-corrected chi connectivity index (χ1v) is 6.67. The van der Waals surface area contributed by atoms with E-state index in [1.165, 1.54) is 6.42 Å². The van der Waals surface area contributed by atoms with Gasteiger partial charge < -0.3 is 10.2 Å². The molecule has 0 saturated heterocycles. The van der Waals surface area contributed by atoms with E-state index in [4.69, 9.17) is 0 Å². The molecule has 0 aliphatic heterocycles. The van der Waals surface area contributed by atoms with Crippen LogP contribution in [0, 0.1) is 11.8 Å². The Morgan fingerprint density at radius 1 is 0.875 bits per heavy atom. The molecule has 2 rings (SSSR count). The summed E-state index contributed by atoms with van der Waals surface area (Å²) < 4.78 is 13.3. The lowest BCUT2D eigenvalue weighted by atomic mass is 9.75. The molecule has 0 heterocycles. The van der Waals surface area contributed by atoms with Crippen molar-refractivity contribution in [2.45, 2.75) is 69.7 Å². The lowest BCUT2D eigenvalue weighted by molar-refractivity contribution is -0.00320. The molecular weight excluding hydrogens is 207 g/mol. The SMILES string of the molecule is OC1CCCCC1CC1CC(F)CCC1O. The van der Waals surface area contributed by atoms with Crippen LogP contribution in [0.15, 0.2) is 0 Å². The zero-order valence-corrected chi connectivity index (χ0v) is 9.82. The molecule has 94 valence electrons. The standard InChI is InChI=1S/C13H23FO2/c14-11-5-6-13(16)10(8-11)7-9-3-1-2-4-12(9)15/h9-13,15-16H,1-8H2. The second-order valence-corrected chi connectivity index (χ2v) is 5.59. The summed E-state index contributed by atoms with van der Waals surface area (Å²) in [5.41, 5.74) is 0. The number of aliphatic hydroxyl groups is 2. The zero-order chi connectivity index (χ0) is 11.5. The van der Waals surface area contributed by atoms with Crippen molar-refractivity contribution < 1.29 is 14.6 Å². The number of hydrogen-bond acceptors (Lipinski definition) is 2. The quantitative estimate of drug-likeness (QED) is 0.765. The van der Waals surface area contributed by atoms with Crippen molar-refractivity contribution in [2.75, 3.05) is 0 Å². The van der Waals surface area contributed by atoms with Gasteiger partial charge >= 0.3 is 0 Å². The fraction of sp³-hybridized carbons (Fsp3) is 1.00.